The quantitative estimate of drug-likeness (QED) is 0.236. The van der Waals surface area contributed by atoms with E-state index in [0.29, 0.717) is 12.6 Å². The molecule has 0 radical (unpaired) electrons. The number of fused-ring (bicyclic) bond motifs is 1. The minimum Gasteiger partial charge on any atom is -0.518 e. The minimum absolute atomic E-state index is 0.0587. The van der Waals surface area contributed by atoms with E-state index < -0.39 is 0 Å². The van der Waals surface area contributed by atoms with Gasteiger partial charge in [0.2, 0.25) is 0 Å². The normalized spacial score (nSPS) is 13.2. The molecule has 4 aromatic rings. The van der Waals surface area contributed by atoms with Gasteiger partial charge in [0.25, 0.3) is 11.3 Å². The van der Waals surface area contributed by atoms with Gasteiger partial charge in [0.05, 0.1) is 17.3 Å². The Morgan fingerprint density at radius 3 is 2.83 bits per heavy atom. The number of nitrogens with zero attached hydrogens (tertiary/aromatic N) is 2. The van der Waals surface area contributed by atoms with Crippen molar-refractivity contribution in [1.82, 2.24) is 4.98 Å². The van der Waals surface area contributed by atoms with E-state index in [1.165, 1.54) is 0 Å². The predicted octanol–water partition coefficient (Wildman–Crippen LogP) is 1.99. The highest BCUT2D eigenvalue weighted by Gasteiger charge is 2.29. The van der Waals surface area contributed by atoms with Crippen molar-refractivity contribution in [2.24, 2.45) is 0 Å². The molecule has 0 amide bonds. The topological polar surface area (TPSA) is 59.7 Å². The number of aromatic nitrogens is 2. The number of quaternary nitrogens is 1. The Balaban J connectivity index is 1.34. The molecule has 0 aliphatic carbocycles. The van der Waals surface area contributed by atoms with Crippen LogP contribution in [0.25, 0.3) is 10.9 Å². The van der Waals surface area contributed by atoms with E-state index in [-0.39, 0.29) is 5.91 Å². The highest BCUT2D eigenvalue weighted by molar-refractivity contribution is 7.81. The van der Waals surface area contributed by atoms with Crippen molar-refractivity contribution in [1.29, 1.82) is 0 Å². The van der Waals surface area contributed by atoms with Crippen LogP contribution in [0, 0.1) is 11.4 Å². The Labute approximate surface area is 178 Å². The summed E-state index contributed by atoms with van der Waals surface area (Å²) in [7, 11) is 0. The Morgan fingerprint density at radius 2 is 2.00 bits per heavy atom. The molecule has 30 heavy (non-hydrogen) atoms. The zero-order chi connectivity index (χ0) is 20.3. The van der Waals surface area contributed by atoms with E-state index in [9.17, 15) is 4.79 Å². The molecule has 0 spiro atoms. The Morgan fingerprint density at radius 1 is 1.10 bits per heavy atom. The largest absolute Gasteiger partial charge is 0.518 e. The van der Waals surface area contributed by atoms with Crippen LogP contribution < -0.4 is 14.6 Å². The molecule has 5 nitrogen and oxygen atoms in total. The SMILES string of the molecule is O=C([C-]1C=[S+][C-](c2cccnc2)[NH2+]1)[n+]1ccc2ccc(OCc3ccccc3)c[c-]21. The van der Waals surface area contributed by atoms with E-state index >= 15 is 0 Å². The second kappa shape index (κ2) is 8.02. The molecule has 3 heterocycles. The van der Waals surface area contributed by atoms with Crippen molar-refractivity contribution in [3.8, 4) is 5.75 Å². The first-order valence-corrected chi connectivity index (χ1v) is 10.5. The number of nitrogens with two attached hydrogens (primary N) is 1. The first kappa shape index (κ1) is 18.4. The third-order valence-corrected chi connectivity index (χ3v) is 5.90. The lowest BCUT2D eigenvalue weighted by Gasteiger charge is -2.16. The number of carbonyl (C=O) groups excluding carboxylic acids is 1. The van der Waals surface area contributed by atoms with Crippen LogP contribution in [0.4, 0.5) is 0 Å². The summed E-state index contributed by atoms with van der Waals surface area (Å²) in [6.07, 6.45) is 5.36. The van der Waals surface area contributed by atoms with E-state index in [1.54, 1.807) is 22.1 Å². The molecule has 0 atom stereocenters. The number of benzene rings is 2. The predicted molar refractivity (Wildman–Crippen MR) is 116 cm³/mol. The molecule has 2 aromatic heterocycles. The van der Waals surface area contributed by atoms with E-state index in [0.717, 1.165) is 33.2 Å². The van der Waals surface area contributed by atoms with Crippen LogP contribution in [0.15, 0.2) is 85.3 Å². The van der Waals surface area contributed by atoms with Crippen LogP contribution in [0.1, 0.15) is 15.9 Å². The van der Waals surface area contributed by atoms with Crippen LogP contribution in [-0.2, 0) is 18.0 Å². The second-order valence-electron chi connectivity index (χ2n) is 6.93. The Kier molecular flexibility index (Phi) is 4.93. The summed E-state index contributed by atoms with van der Waals surface area (Å²) in [6, 6.07) is 22.4. The summed E-state index contributed by atoms with van der Waals surface area (Å²) >= 11 is 1.54. The number of hydrogen-bond donors (Lipinski definition) is 1. The van der Waals surface area contributed by atoms with Gasteiger partial charge in [0.1, 0.15) is 6.61 Å². The van der Waals surface area contributed by atoms with Gasteiger partial charge in [-0.3, -0.25) is 4.79 Å². The Hall–Kier alpha value is -3.61. The monoisotopic (exact) mass is 413 g/mol. The maximum Gasteiger partial charge on any atom is 0.267 e. The van der Waals surface area contributed by atoms with Crippen LogP contribution in [0.5, 0.6) is 5.75 Å². The Bertz CT molecular complexity index is 1210. The average molecular weight is 414 g/mol. The zero-order valence-electron chi connectivity index (χ0n) is 16.1. The molecule has 1 aliphatic heterocycles. The standard InChI is InChI=1S/C24H19N3O2S/c28-24(21-16-30-23(26-21)19-7-4-11-25-14-19)27-12-10-18-8-9-20(13-22(18)27)29-15-17-5-2-1-3-6-17/h1-14,16H,15,26H2. The van der Waals surface area contributed by atoms with Crippen LogP contribution in [0.2, 0.25) is 0 Å². The van der Waals surface area contributed by atoms with Gasteiger partial charge in [0, 0.05) is 0 Å². The first-order valence-electron chi connectivity index (χ1n) is 9.59. The zero-order valence-corrected chi connectivity index (χ0v) is 16.9. The molecule has 0 saturated carbocycles. The molecular formula is C24H19N3O2S. The molecule has 0 bridgehead atoms. The molecular weight excluding hydrogens is 394 g/mol. The number of carbonyl (C=O) groups is 1. The summed E-state index contributed by atoms with van der Waals surface area (Å²) in [5, 5.41) is 5.84. The van der Waals surface area contributed by atoms with Gasteiger partial charge in [-0.15, -0.1) is 12.1 Å². The highest BCUT2D eigenvalue weighted by Crippen LogP contribution is 2.20. The summed E-state index contributed by atoms with van der Waals surface area (Å²) < 4.78 is 7.62. The molecule has 148 valence electrons. The number of ether oxygens (including phenoxy) is 1. The molecule has 2 N–H and O–H groups in total. The number of hydrogen-bond acceptors (Lipinski definition) is 3. The van der Waals surface area contributed by atoms with Gasteiger partial charge in [-0.05, 0) is 29.3 Å². The van der Waals surface area contributed by atoms with Crippen molar-refractivity contribution in [3.63, 3.8) is 0 Å². The van der Waals surface area contributed by atoms with Crippen molar-refractivity contribution in [2.75, 3.05) is 0 Å². The fraction of sp³-hybridized carbons (Fsp3) is 0.0417. The van der Waals surface area contributed by atoms with E-state index in [1.807, 2.05) is 89.8 Å². The molecule has 1 aliphatic rings. The number of rotatable bonds is 5. The summed E-state index contributed by atoms with van der Waals surface area (Å²) in [5.41, 5.74) is 2.94. The van der Waals surface area contributed by atoms with Crippen molar-refractivity contribution in [3.05, 3.63) is 108 Å². The van der Waals surface area contributed by atoms with Crippen LogP contribution >= 0.6 is 0 Å². The molecule has 2 aromatic carbocycles. The minimum atomic E-state index is -0.0587. The van der Waals surface area contributed by atoms with Gasteiger partial charge in [-0.25, -0.2) is 4.57 Å². The van der Waals surface area contributed by atoms with Crippen molar-refractivity contribution in [2.45, 2.75) is 6.61 Å². The first-order chi connectivity index (χ1) is 14.8. The van der Waals surface area contributed by atoms with Crippen LogP contribution in [-0.4, -0.2) is 16.3 Å². The summed E-state index contributed by atoms with van der Waals surface area (Å²) in [4.78, 5) is 17.3. The summed E-state index contributed by atoms with van der Waals surface area (Å²) in [5.74, 6) is 0.678. The smallest absolute Gasteiger partial charge is 0.267 e. The molecule has 5 rings (SSSR count). The third-order valence-electron chi connectivity index (χ3n) is 4.92. The molecule has 6 heteroatoms. The van der Waals surface area contributed by atoms with Gasteiger partial charge in [-0.2, -0.15) is 0 Å². The van der Waals surface area contributed by atoms with Gasteiger partial charge >= 0.3 is 0 Å². The molecule has 0 saturated heterocycles. The summed E-state index contributed by atoms with van der Waals surface area (Å²) in [6.45, 7) is 0.486. The van der Waals surface area contributed by atoms with Gasteiger partial charge < -0.3 is 15.0 Å². The van der Waals surface area contributed by atoms with Crippen LogP contribution in [0.3, 0.4) is 0 Å². The number of pyridine rings is 1. The fourth-order valence-corrected chi connectivity index (χ4v) is 4.24. The third kappa shape index (κ3) is 3.66. The van der Waals surface area contributed by atoms with Crippen molar-refractivity contribution >= 4 is 33.5 Å². The maximum absolute atomic E-state index is 13.2. The average Bonchev–Trinajstić information content (AvgIpc) is 3.46. The van der Waals surface area contributed by atoms with E-state index in [4.69, 9.17) is 4.74 Å². The molecule has 0 fully saturated rings. The van der Waals surface area contributed by atoms with Gasteiger partial charge in [0.15, 0.2) is 16.9 Å². The lowest BCUT2D eigenvalue weighted by Crippen LogP contribution is -2.88. The lowest BCUT2D eigenvalue weighted by molar-refractivity contribution is -0.612. The maximum atomic E-state index is 13.2. The van der Waals surface area contributed by atoms with E-state index in [2.05, 4.69) is 4.98 Å². The second-order valence-corrected chi connectivity index (χ2v) is 7.84. The molecule has 0 unspecified atom stereocenters. The van der Waals surface area contributed by atoms with Gasteiger partial charge in [-0.1, -0.05) is 60.3 Å². The lowest BCUT2D eigenvalue weighted by atomic mass is 10.2. The highest BCUT2D eigenvalue weighted by atomic mass is 32.1. The van der Waals surface area contributed by atoms with Crippen molar-refractivity contribution < 1.29 is 19.4 Å². The fourth-order valence-electron chi connectivity index (χ4n) is 3.36.